The van der Waals surface area contributed by atoms with Crippen LogP contribution in [0.3, 0.4) is 0 Å². The minimum Gasteiger partial charge on any atom is -0.351 e. The molecule has 1 saturated heterocycles. The minimum absolute atomic E-state index is 0.290. The first-order chi connectivity index (χ1) is 17.5. The first-order valence-electron chi connectivity index (χ1n) is 12.1. The summed E-state index contributed by atoms with van der Waals surface area (Å²) in [6, 6.07) is 31.1. The largest absolute Gasteiger partial charge is 0.351 e. The van der Waals surface area contributed by atoms with Gasteiger partial charge in [0.05, 0.1) is 11.6 Å². The summed E-state index contributed by atoms with van der Waals surface area (Å²) in [6.07, 6.45) is 0.613. The number of H-pyrrole nitrogens is 1. The van der Waals surface area contributed by atoms with Crippen LogP contribution in [-0.4, -0.2) is 40.2 Å². The van der Waals surface area contributed by atoms with Crippen LogP contribution in [0.15, 0.2) is 107 Å². The Kier molecular flexibility index (Phi) is 6.69. The highest BCUT2D eigenvalue weighted by atomic mass is 16.5. The normalized spacial score (nSPS) is 18.7. The smallest absolute Gasteiger partial charge is 0.330 e. The predicted octanol–water partition coefficient (Wildman–Crippen LogP) is 3.00. The highest BCUT2D eigenvalue weighted by Gasteiger charge is 2.46. The maximum Gasteiger partial charge on any atom is 0.330 e. The number of nitrogens with two attached hydrogens (primary N) is 1. The minimum atomic E-state index is -0.667. The molecule has 2 atom stereocenters. The number of hydrogen-bond acceptors (Lipinski definition) is 5. The van der Waals surface area contributed by atoms with Gasteiger partial charge in [-0.05, 0) is 23.6 Å². The molecule has 0 aliphatic carbocycles. The molecule has 1 aliphatic heterocycles. The SMILES string of the molecule is Cc1cn(C2CN(C(c3ccccc3)(c3ccccc3)c3ccccc3)CC(CN)O2)c(=O)[nH]c1=O. The summed E-state index contributed by atoms with van der Waals surface area (Å²) in [5.41, 5.74) is 8.34. The van der Waals surface area contributed by atoms with E-state index in [0.29, 0.717) is 25.2 Å². The van der Waals surface area contributed by atoms with Gasteiger partial charge in [-0.3, -0.25) is 19.2 Å². The zero-order chi connectivity index (χ0) is 25.1. The Morgan fingerprint density at radius 3 is 1.83 bits per heavy atom. The van der Waals surface area contributed by atoms with Crippen molar-refractivity contribution < 1.29 is 4.74 Å². The quantitative estimate of drug-likeness (QED) is 0.412. The van der Waals surface area contributed by atoms with Gasteiger partial charge in [0.1, 0.15) is 0 Å². The van der Waals surface area contributed by atoms with Crippen molar-refractivity contribution in [1.82, 2.24) is 14.5 Å². The van der Waals surface area contributed by atoms with E-state index in [1.807, 2.05) is 54.6 Å². The van der Waals surface area contributed by atoms with Gasteiger partial charge in [-0.25, -0.2) is 4.79 Å². The molecule has 7 nitrogen and oxygen atoms in total. The van der Waals surface area contributed by atoms with Crippen LogP contribution in [0.1, 0.15) is 28.5 Å². The second kappa shape index (κ2) is 10.1. The van der Waals surface area contributed by atoms with Gasteiger partial charge in [0.15, 0.2) is 6.23 Å². The molecule has 3 N–H and O–H groups in total. The molecule has 1 fully saturated rings. The van der Waals surface area contributed by atoms with Crippen molar-refractivity contribution in [2.75, 3.05) is 19.6 Å². The summed E-state index contributed by atoms with van der Waals surface area (Å²) >= 11 is 0. The topological polar surface area (TPSA) is 93.3 Å². The Hall–Kier alpha value is -3.78. The third-order valence-corrected chi connectivity index (χ3v) is 6.92. The van der Waals surface area contributed by atoms with Crippen LogP contribution in [0.4, 0.5) is 0 Å². The summed E-state index contributed by atoms with van der Waals surface area (Å²) in [7, 11) is 0. The van der Waals surface area contributed by atoms with Gasteiger partial charge in [-0.15, -0.1) is 0 Å². The molecular weight excluding hydrogens is 452 g/mol. The van der Waals surface area contributed by atoms with E-state index >= 15 is 0 Å². The van der Waals surface area contributed by atoms with Crippen LogP contribution in [0.5, 0.6) is 0 Å². The molecule has 184 valence electrons. The fourth-order valence-electron chi connectivity index (χ4n) is 5.26. The number of nitrogens with zero attached hydrogens (tertiary/aromatic N) is 2. The average Bonchev–Trinajstić information content (AvgIpc) is 2.93. The number of rotatable bonds is 6. The molecule has 1 aliphatic rings. The molecule has 0 bridgehead atoms. The number of hydrogen-bond donors (Lipinski definition) is 2. The fraction of sp³-hybridized carbons (Fsp3) is 0.241. The lowest BCUT2D eigenvalue weighted by Gasteiger charge is -2.50. The Morgan fingerprint density at radius 2 is 1.36 bits per heavy atom. The van der Waals surface area contributed by atoms with Crippen molar-refractivity contribution in [2.24, 2.45) is 5.73 Å². The number of aromatic amines is 1. The van der Waals surface area contributed by atoms with Crippen LogP contribution >= 0.6 is 0 Å². The third-order valence-electron chi connectivity index (χ3n) is 6.92. The molecule has 2 heterocycles. The summed E-state index contributed by atoms with van der Waals surface area (Å²) in [5, 5.41) is 0. The van der Waals surface area contributed by atoms with Crippen molar-refractivity contribution in [3.05, 3.63) is 140 Å². The molecule has 4 aromatic rings. The van der Waals surface area contributed by atoms with E-state index in [2.05, 4.69) is 46.3 Å². The van der Waals surface area contributed by atoms with Crippen molar-refractivity contribution >= 4 is 0 Å². The zero-order valence-corrected chi connectivity index (χ0v) is 20.2. The first kappa shape index (κ1) is 23.9. The second-order valence-electron chi connectivity index (χ2n) is 9.14. The van der Waals surface area contributed by atoms with Crippen LogP contribution in [0, 0.1) is 6.92 Å². The standard InChI is InChI=1S/C29H30N4O3/c1-21-18-33(28(35)31-27(21)34)26-20-32(19-25(17-30)36-26)29(22-11-5-2-6-12-22,23-13-7-3-8-14-23)24-15-9-4-10-16-24/h2-16,18,25-26H,17,19-20,30H2,1H3,(H,31,34,35). The first-order valence-corrected chi connectivity index (χ1v) is 12.1. The summed E-state index contributed by atoms with van der Waals surface area (Å²) in [4.78, 5) is 29.6. The maximum absolute atomic E-state index is 12.8. The number of aromatic nitrogens is 2. The van der Waals surface area contributed by atoms with Crippen molar-refractivity contribution in [3.63, 3.8) is 0 Å². The second-order valence-corrected chi connectivity index (χ2v) is 9.14. The number of morpholine rings is 1. The summed E-state index contributed by atoms with van der Waals surface area (Å²) < 4.78 is 7.77. The van der Waals surface area contributed by atoms with Gasteiger partial charge in [-0.2, -0.15) is 0 Å². The van der Waals surface area contributed by atoms with Crippen LogP contribution in [0.25, 0.3) is 0 Å². The van der Waals surface area contributed by atoms with Gasteiger partial charge in [-0.1, -0.05) is 91.0 Å². The Bertz CT molecular complexity index is 1320. The number of ether oxygens (including phenoxy) is 1. The monoisotopic (exact) mass is 482 g/mol. The van der Waals surface area contributed by atoms with Gasteiger partial charge in [0, 0.05) is 31.4 Å². The van der Waals surface area contributed by atoms with E-state index in [9.17, 15) is 9.59 Å². The molecule has 36 heavy (non-hydrogen) atoms. The van der Waals surface area contributed by atoms with E-state index in [4.69, 9.17) is 10.5 Å². The Labute approximate surface area is 209 Å². The lowest BCUT2D eigenvalue weighted by molar-refractivity contribution is -0.135. The third kappa shape index (κ3) is 4.22. The highest BCUT2D eigenvalue weighted by molar-refractivity contribution is 5.49. The fourth-order valence-corrected chi connectivity index (χ4v) is 5.26. The van der Waals surface area contributed by atoms with Gasteiger partial charge >= 0.3 is 5.69 Å². The molecule has 0 spiro atoms. The summed E-state index contributed by atoms with van der Waals surface area (Å²) in [5.74, 6) is 0. The number of aryl methyl sites for hydroxylation is 1. The molecule has 7 heteroatoms. The van der Waals surface area contributed by atoms with E-state index in [1.54, 1.807) is 13.1 Å². The number of nitrogens with one attached hydrogen (secondary N) is 1. The molecule has 1 aromatic heterocycles. The van der Waals surface area contributed by atoms with Crippen molar-refractivity contribution in [2.45, 2.75) is 24.8 Å². The van der Waals surface area contributed by atoms with Gasteiger partial charge in [0.2, 0.25) is 0 Å². The van der Waals surface area contributed by atoms with Crippen LogP contribution < -0.4 is 17.0 Å². The van der Waals surface area contributed by atoms with Crippen LogP contribution in [-0.2, 0) is 10.3 Å². The van der Waals surface area contributed by atoms with E-state index in [-0.39, 0.29) is 6.10 Å². The van der Waals surface area contributed by atoms with Crippen LogP contribution in [0.2, 0.25) is 0 Å². The maximum atomic E-state index is 12.8. The lowest BCUT2D eigenvalue weighted by Crippen LogP contribution is -2.58. The molecular formula is C29H30N4O3. The van der Waals surface area contributed by atoms with E-state index in [0.717, 1.165) is 16.7 Å². The van der Waals surface area contributed by atoms with E-state index in [1.165, 1.54) is 4.57 Å². The molecule has 0 amide bonds. The molecule has 5 rings (SSSR count). The zero-order valence-electron chi connectivity index (χ0n) is 20.2. The van der Waals surface area contributed by atoms with Gasteiger partial charge in [0.25, 0.3) is 5.56 Å². The molecule has 0 saturated carbocycles. The van der Waals surface area contributed by atoms with Crippen molar-refractivity contribution in [3.8, 4) is 0 Å². The highest BCUT2D eigenvalue weighted by Crippen LogP contribution is 2.44. The molecule has 3 aromatic carbocycles. The average molecular weight is 483 g/mol. The molecule has 2 unspecified atom stereocenters. The Morgan fingerprint density at radius 1 is 0.861 bits per heavy atom. The number of benzene rings is 3. The Balaban J connectivity index is 1.74. The van der Waals surface area contributed by atoms with Crippen molar-refractivity contribution in [1.29, 1.82) is 0 Å². The summed E-state index contributed by atoms with van der Waals surface area (Å²) in [6.45, 7) is 2.93. The molecule has 0 radical (unpaired) electrons. The van der Waals surface area contributed by atoms with E-state index < -0.39 is 23.0 Å². The lowest BCUT2D eigenvalue weighted by atomic mass is 9.75. The van der Waals surface area contributed by atoms with Gasteiger partial charge < -0.3 is 10.5 Å². The predicted molar refractivity (Wildman–Crippen MR) is 140 cm³/mol.